The zero-order valence-corrected chi connectivity index (χ0v) is 22.5. The van der Waals surface area contributed by atoms with Crippen molar-refractivity contribution in [2.75, 3.05) is 0 Å². The maximum Gasteiger partial charge on any atom is 0.216 e. The van der Waals surface area contributed by atoms with Gasteiger partial charge in [-0.2, -0.15) is 0 Å². The van der Waals surface area contributed by atoms with E-state index in [1.165, 1.54) is 30.6 Å². The Labute approximate surface area is 255 Å². The van der Waals surface area contributed by atoms with Crippen LogP contribution in [0.4, 0.5) is 0 Å². The van der Waals surface area contributed by atoms with Crippen LogP contribution in [0.2, 0.25) is 0 Å². The first-order valence-electron chi connectivity index (χ1n) is 17.8. The van der Waals surface area contributed by atoms with Crippen molar-refractivity contribution >= 4 is 22.1 Å². The SMILES string of the molecule is [2H]C([2H])([2H])c1ccc2c(n1)oc1c(-c3cc(C([2H])(C([2H])([2H])[2H])C([2H])([2H])[2H])ccn3)[c-]ccc12.[2H]C([2H])([2H])c1cnc(-c2[c-]cccc2)cc1C.[Ir]. The second-order valence-electron chi connectivity index (χ2n) is 8.21. The van der Waals surface area contributed by atoms with E-state index in [1.54, 1.807) is 31.2 Å². The Morgan fingerprint density at radius 2 is 1.82 bits per heavy atom. The summed E-state index contributed by atoms with van der Waals surface area (Å²) in [6, 6.07) is 24.0. The van der Waals surface area contributed by atoms with E-state index in [9.17, 15) is 0 Å². The van der Waals surface area contributed by atoms with Crippen LogP contribution < -0.4 is 0 Å². The topological polar surface area (TPSA) is 51.8 Å². The molecule has 0 aliphatic rings. The van der Waals surface area contributed by atoms with Gasteiger partial charge in [-0.15, -0.1) is 54.1 Å². The van der Waals surface area contributed by atoms with Crippen molar-refractivity contribution < 1.29 is 42.3 Å². The molecule has 4 heterocycles. The van der Waals surface area contributed by atoms with E-state index in [0.717, 1.165) is 16.8 Å². The average Bonchev–Trinajstić information content (AvgIpc) is 3.41. The molecule has 0 unspecified atom stereocenters. The Kier molecular flexibility index (Phi) is 4.68. The van der Waals surface area contributed by atoms with E-state index in [2.05, 4.69) is 27.1 Å². The second kappa shape index (κ2) is 11.8. The van der Waals surface area contributed by atoms with E-state index in [0.29, 0.717) is 21.9 Å². The summed E-state index contributed by atoms with van der Waals surface area (Å²) < 4.78 is 105. The molecule has 0 aliphatic heterocycles. The van der Waals surface area contributed by atoms with E-state index >= 15 is 0 Å². The molecule has 4 nitrogen and oxygen atoms in total. The summed E-state index contributed by atoms with van der Waals surface area (Å²) in [6.45, 7) is -9.00. The number of hydrogen-bond acceptors (Lipinski definition) is 4. The number of benzene rings is 2. The Hall–Kier alpha value is -3.66. The molecular weight excluding hydrogens is 647 g/mol. The van der Waals surface area contributed by atoms with Crippen LogP contribution in [0, 0.1) is 32.8 Å². The number of fused-ring (bicyclic) bond motifs is 3. The molecule has 6 aromatic rings. The molecule has 6 rings (SSSR count). The van der Waals surface area contributed by atoms with Crippen LogP contribution in [0.25, 0.3) is 44.6 Å². The molecular formula is C33H29IrN3O-2. The minimum absolute atomic E-state index is 0. The van der Waals surface area contributed by atoms with Gasteiger partial charge in [0.15, 0.2) is 0 Å². The molecule has 0 saturated carbocycles. The molecule has 0 N–H and O–H groups in total. The number of aromatic nitrogens is 3. The fraction of sp³-hybridized carbons (Fsp3) is 0.182. The number of pyridine rings is 3. The first-order chi connectivity index (χ1) is 23.1. The van der Waals surface area contributed by atoms with Crippen LogP contribution >= 0.6 is 0 Å². The van der Waals surface area contributed by atoms with E-state index < -0.39 is 33.3 Å². The van der Waals surface area contributed by atoms with Gasteiger partial charge in [-0.1, -0.05) is 47.9 Å². The molecule has 193 valence electrons. The molecule has 4 aromatic heterocycles. The predicted octanol–water partition coefficient (Wildman–Crippen LogP) is 8.44. The van der Waals surface area contributed by atoms with Crippen LogP contribution in [0.3, 0.4) is 0 Å². The van der Waals surface area contributed by atoms with Crippen LogP contribution in [0.15, 0.2) is 83.5 Å². The summed E-state index contributed by atoms with van der Waals surface area (Å²) >= 11 is 0. The van der Waals surface area contributed by atoms with Crippen molar-refractivity contribution in [2.24, 2.45) is 0 Å². The van der Waals surface area contributed by atoms with Crippen molar-refractivity contribution in [2.45, 2.75) is 40.2 Å². The maximum absolute atomic E-state index is 8.41. The molecule has 0 amide bonds. The summed E-state index contributed by atoms with van der Waals surface area (Å²) in [6.07, 6.45) is 2.66. The maximum atomic E-state index is 8.41. The van der Waals surface area contributed by atoms with Gasteiger partial charge < -0.3 is 14.4 Å². The van der Waals surface area contributed by atoms with Gasteiger partial charge in [-0.3, -0.25) is 0 Å². The van der Waals surface area contributed by atoms with Gasteiger partial charge in [0, 0.05) is 61.4 Å². The molecule has 1 radical (unpaired) electrons. The summed E-state index contributed by atoms with van der Waals surface area (Å²) in [4.78, 5) is 12.5. The van der Waals surface area contributed by atoms with Gasteiger partial charge in [0.25, 0.3) is 0 Å². The summed E-state index contributed by atoms with van der Waals surface area (Å²) in [5.41, 5.74) is 3.07. The van der Waals surface area contributed by atoms with Crippen molar-refractivity contribution in [3.05, 3.63) is 114 Å². The molecule has 0 atom stereocenters. The summed E-state index contributed by atoms with van der Waals surface area (Å²) in [7, 11) is 0. The van der Waals surface area contributed by atoms with Crippen molar-refractivity contribution in [1.82, 2.24) is 15.0 Å². The van der Waals surface area contributed by atoms with E-state index in [-0.39, 0.29) is 48.4 Å². The third-order valence-electron chi connectivity index (χ3n) is 5.70. The Morgan fingerprint density at radius 1 is 0.895 bits per heavy atom. The molecule has 5 heteroatoms. The average molecular weight is 689 g/mol. The minimum Gasteiger partial charge on any atom is -0.486 e. The Bertz CT molecular complexity index is 2140. The largest absolute Gasteiger partial charge is 0.486 e. The van der Waals surface area contributed by atoms with Crippen molar-refractivity contribution in [1.29, 1.82) is 0 Å². The van der Waals surface area contributed by atoms with Crippen molar-refractivity contribution in [3.8, 4) is 22.5 Å². The zero-order valence-electron chi connectivity index (χ0n) is 33.1. The van der Waals surface area contributed by atoms with Gasteiger partial charge in [0.2, 0.25) is 5.71 Å². The fourth-order valence-electron chi connectivity index (χ4n) is 3.79. The minimum atomic E-state index is -3.14. The summed E-state index contributed by atoms with van der Waals surface area (Å²) in [5, 5.41) is 1.16. The summed E-state index contributed by atoms with van der Waals surface area (Å²) in [5.74, 6) is -2.88. The number of nitrogens with zero attached hydrogens (tertiary/aromatic N) is 3. The first-order valence-corrected chi connectivity index (χ1v) is 11.3. The van der Waals surface area contributed by atoms with Crippen LogP contribution in [-0.2, 0) is 20.1 Å². The zero-order chi connectivity index (χ0) is 36.9. The van der Waals surface area contributed by atoms with E-state index in [1.807, 2.05) is 24.3 Å². The number of rotatable bonds is 3. The molecule has 0 aliphatic carbocycles. The van der Waals surface area contributed by atoms with E-state index in [4.69, 9.17) is 22.2 Å². The standard InChI is InChI=1S/C20H17N2O.C13H12N.Ir/c1-12(2)14-9-10-21-18(11-14)17-6-4-5-15-16-8-7-13(3)22-20(16)23-19(15)17;1-10-8-13(14-9-11(10)2)12-6-4-3-5-7-12;/h4-5,7-12H,1-3H3;3-6,8-9H,1-2H3;/q2*-1;/i1D3,2D3,3D3,12D;2D3;. The third-order valence-corrected chi connectivity index (χ3v) is 5.70. The quantitative estimate of drug-likeness (QED) is 0.175. The molecule has 0 saturated heterocycles. The van der Waals surface area contributed by atoms with Crippen LogP contribution in [0.5, 0.6) is 0 Å². The molecule has 0 spiro atoms. The van der Waals surface area contributed by atoms with Gasteiger partial charge in [-0.05, 0) is 61.7 Å². The Balaban J connectivity index is 0.000000273. The van der Waals surface area contributed by atoms with Crippen molar-refractivity contribution in [3.63, 3.8) is 0 Å². The molecule has 0 fully saturated rings. The first kappa shape index (κ1) is 15.1. The second-order valence-corrected chi connectivity index (χ2v) is 8.21. The fourth-order valence-corrected chi connectivity index (χ4v) is 3.79. The predicted molar refractivity (Wildman–Crippen MR) is 150 cm³/mol. The number of aryl methyl sites for hydroxylation is 3. The molecule has 0 bridgehead atoms. The van der Waals surface area contributed by atoms with Gasteiger partial charge in [0.05, 0.1) is 5.58 Å². The molecule has 2 aromatic carbocycles. The van der Waals surface area contributed by atoms with Crippen LogP contribution in [0.1, 0.15) is 59.8 Å². The number of hydrogen-bond donors (Lipinski definition) is 0. The van der Waals surface area contributed by atoms with Gasteiger partial charge in [-0.25, -0.2) is 4.98 Å². The number of furan rings is 1. The van der Waals surface area contributed by atoms with Gasteiger partial charge in [0.1, 0.15) is 0 Å². The molecule has 38 heavy (non-hydrogen) atoms. The third kappa shape index (κ3) is 5.75. The smallest absolute Gasteiger partial charge is 0.216 e. The monoisotopic (exact) mass is 689 g/mol. The van der Waals surface area contributed by atoms with Gasteiger partial charge >= 0.3 is 0 Å². The van der Waals surface area contributed by atoms with Crippen LogP contribution in [-0.4, -0.2) is 15.0 Å². The normalized spacial score (nSPS) is 17.4. The Morgan fingerprint density at radius 3 is 2.58 bits per heavy atom.